The summed E-state index contributed by atoms with van der Waals surface area (Å²) in [7, 11) is 0. The van der Waals surface area contributed by atoms with Gasteiger partial charge in [-0.25, -0.2) is 0 Å². The molecule has 0 heterocycles. The topological polar surface area (TPSA) is 17.1 Å². The van der Waals surface area contributed by atoms with Gasteiger partial charge in [0, 0.05) is 5.56 Å². The third-order valence-electron chi connectivity index (χ3n) is 1.46. The molecule has 1 aromatic carbocycles. The van der Waals surface area contributed by atoms with Crippen LogP contribution in [0, 0.1) is 0 Å². The predicted octanol–water partition coefficient (Wildman–Crippen LogP) is 4.07. The van der Waals surface area contributed by atoms with E-state index >= 15 is 0 Å². The Balaban J connectivity index is 3.26. The van der Waals surface area contributed by atoms with Crippen molar-refractivity contribution < 1.29 is 4.79 Å². The molecule has 0 radical (unpaired) electrons. The molecule has 0 N–H and O–H groups in total. The Hall–Kier alpha value is 0.0500. The molecule has 0 unspecified atom stereocenters. The van der Waals surface area contributed by atoms with Gasteiger partial charge in [0.15, 0.2) is 5.78 Å². The molecule has 13 heavy (non-hydrogen) atoms. The molecule has 1 nitrogen and oxygen atoms in total. The summed E-state index contributed by atoms with van der Waals surface area (Å²) in [5, 5.41) is 0.650. The maximum Gasteiger partial charge on any atom is 0.179 e. The van der Waals surface area contributed by atoms with Crippen LogP contribution in [0.2, 0.25) is 15.1 Å². The van der Waals surface area contributed by atoms with Crippen LogP contribution in [-0.4, -0.2) is 11.7 Å². The molecule has 0 saturated heterocycles. The third-order valence-corrected chi connectivity index (χ3v) is 2.99. The van der Waals surface area contributed by atoms with Crippen molar-refractivity contribution in [1.82, 2.24) is 0 Å². The summed E-state index contributed by atoms with van der Waals surface area (Å²) in [4.78, 5) is 11.2. The highest BCUT2D eigenvalue weighted by Crippen LogP contribution is 2.32. The summed E-state index contributed by atoms with van der Waals surface area (Å²) in [6, 6.07) is 3.01. The second kappa shape index (κ2) is 4.52. The SMILES string of the molecule is O=C(CCl)c1ccc(Cl)c(Cl)c1Cl. The molecule has 0 amide bonds. The second-order valence-electron chi connectivity index (χ2n) is 2.28. The van der Waals surface area contributed by atoms with E-state index in [0.717, 1.165) is 0 Å². The third kappa shape index (κ3) is 2.29. The van der Waals surface area contributed by atoms with Gasteiger partial charge in [-0.1, -0.05) is 34.8 Å². The Morgan fingerprint density at radius 3 is 2.31 bits per heavy atom. The van der Waals surface area contributed by atoms with Gasteiger partial charge in [-0.05, 0) is 12.1 Å². The maximum atomic E-state index is 11.2. The number of rotatable bonds is 2. The fourth-order valence-corrected chi connectivity index (χ4v) is 1.60. The number of carbonyl (C=O) groups is 1. The lowest BCUT2D eigenvalue weighted by Crippen LogP contribution is -2.01. The molecule has 0 aromatic heterocycles. The van der Waals surface area contributed by atoms with Gasteiger partial charge in [-0.15, -0.1) is 11.6 Å². The molecule has 1 rings (SSSR count). The van der Waals surface area contributed by atoms with Crippen LogP contribution in [0.4, 0.5) is 0 Å². The molecule has 70 valence electrons. The van der Waals surface area contributed by atoms with Gasteiger partial charge >= 0.3 is 0 Å². The van der Waals surface area contributed by atoms with Crippen LogP contribution in [0.3, 0.4) is 0 Å². The van der Waals surface area contributed by atoms with E-state index in [0.29, 0.717) is 10.6 Å². The summed E-state index contributed by atoms with van der Waals surface area (Å²) >= 11 is 22.5. The minimum absolute atomic E-state index is 0.127. The molecule has 0 saturated carbocycles. The monoisotopic (exact) mass is 256 g/mol. The van der Waals surface area contributed by atoms with Crippen molar-refractivity contribution in [2.75, 3.05) is 5.88 Å². The Labute approximate surface area is 95.5 Å². The van der Waals surface area contributed by atoms with E-state index in [4.69, 9.17) is 46.4 Å². The first-order valence-electron chi connectivity index (χ1n) is 3.30. The molecule has 0 aliphatic heterocycles. The van der Waals surface area contributed by atoms with Gasteiger partial charge < -0.3 is 0 Å². The zero-order chi connectivity index (χ0) is 10.0. The first kappa shape index (κ1) is 11.1. The molecule has 5 heteroatoms. The summed E-state index contributed by atoms with van der Waals surface area (Å²) in [5.74, 6) is -0.400. The highest BCUT2D eigenvalue weighted by Gasteiger charge is 2.13. The van der Waals surface area contributed by atoms with Crippen LogP contribution in [-0.2, 0) is 0 Å². The minimum Gasteiger partial charge on any atom is -0.293 e. The van der Waals surface area contributed by atoms with Crippen molar-refractivity contribution in [3.8, 4) is 0 Å². The molecule has 0 aliphatic rings. The highest BCUT2D eigenvalue weighted by molar-refractivity contribution is 6.49. The van der Waals surface area contributed by atoms with Crippen LogP contribution in [0.1, 0.15) is 10.4 Å². The van der Waals surface area contributed by atoms with E-state index in [-0.39, 0.29) is 21.7 Å². The van der Waals surface area contributed by atoms with Gasteiger partial charge in [0.25, 0.3) is 0 Å². The van der Waals surface area contributed by atoms with Crippen LogP contribution >= 0.6 is 46.4 Å². The average Bonchev–Trinajstić information content (AvgIpc) is 2.13. The summed E-state index contributed by atoms with van der Waals surface area (Å²) in [6.45, 7) is 0. The van der Waals surface area contributed by atoms with Gasteiger partial charge in [0.2, 0.25) is 0 Å². The van der Waals surface area contributed by atoms with E-state index in [1.165, 1.54) is 12.1 Å². The lowest BCUT2D eigenvalue weighted by Gasteiger charge is -2.03. The molecule has 0 fully saturated rings. The number of alkyl halides is 1. The van der Waals surface area contributed by atoms with Crippen molar-refractivity contribution >= 4 is 52.2 Å². The zero-order valence-corrected chi connectivity index (χ0v) is 9.31. The maximum absolute atomic E-state index is 11.2. The van der Waals surface area contributed by atoms with E-state index < -0.39 is 0 Å². The van der Waals surface area contributed by atoms with E-state index in [9.17, 15) is 4.79 Å². The molecule has 0 aliphatic carbocycles. The van der Waals surface area contributed by atoms with Crippen LogP contribution in [0.5, 0.6) is 0 Å². The first-order valence-corrected chi connectivity index (χ1v) is 4.97. The van der Waals surface area contributed by atoms with Crippen molar-refractivity contribution in [2.45, 2.75) is 0 Å². The highest BCUT2D eigenvalue weighted by atomic mass is 35.5. The lowest BCUT2D eigenvalue weighted by atomic mass is 10.1. The molecule has 0 atom stereocenters. The van der Waals surface area contributed by atoms with Gasteiger partial charge in [-0.3, -0.25) is 4.79 Å². The molecule has 0 bridgehead atoms. The van der Waals surface area contributed by atoms with Crippen LogP contribution < -0.4 is 0 Å². The fourth-order valence-electron chi connectivity index (χ4n) is 0.813. The molecular formula is C8H4Cl4O. The van der Waals surface area contributed by atoms with Crippen molar-refractivity contribution in [1.29, 1.82) is 0 Å². The molecular weight excluding hydrogens is 254 g/mol. The lowest BCUT2D eigenvalue weighted by molar-refractivity contribution is 0.102. The number of hydrogen-bond donors (Lipinski definition) is 0. The van der Waals surface area contributed by atoms with E-state index in [1.807, 2.05) is 0 Å². The number of ketones is 1. The minimum atomic E-state index is -0.273. The quantitative estimate of drug-likeness (QED) is 0.444. The number of benzene rings is 1. The number of carbonyl (C=O) groups excluding carboxylic acids is 1. The molecule has 0 spiro atoms. The summed E-state index contributed by atoms with van der Waals surface area (Å²) in [6.07, 6.45) is 0. The Morgan fingerprint density at radius 1 is 1.15 bits per heavy atom. The molecule has 1 aromatic rings. The smallest absolute Gasteiger partial charge is 0.179 e. The van der Waals surface area contributed by atoms with Gasteiger partial charge in [0.05, 0.1) is 20.9 Å². The Morgan fingerprint density at radius 2 is 1.77 bits per heavy atom. The number of Topliss-reactive ketones (excluding diaryl/α,β-unsaturated/α-hetero) is 1. The average molecular weight is 258 g/mol. The predicted molar refractivity (Wildman–Crippen MR) is 56.5 cm³/mol. The second-order valence-corrected chi connectivity index (χ2v) is 3.71. The largest absolute Gasteiger partial charge is 0.293 e. The van der Waals surface area contributed by atoms with Gasteiger partial charge in [-0.2, -0.15) is 0 Å². The van der Waals surface area contributed by atoms with Gasteiger partial charge in [0.1, 0.15) is 0 Å². The number of halogens is 4. The zero-order valence-electron chi connectivity index (χ0n) is 6.28. The Bertz CT molecular complexity index is 348. The number of hydrogen-bond acceptors (Lipinski definition) is 1. The van der Waals surface area contributed by atoms with Crippen molar-refractivity contribution in [2.24, 2.45) is 0 Å². The summed E-state index contributed by atoms with van der Waals surface area (Å²) in [5.41, 5.74) is 0.297. The summed E-state index contributed by atoms with van der Waals surface area (Å²) < 4.78 is 0. The van der Waals surface area contributed by atoms with E-state index in [2.05, 4.69) is 0 Å². The van der Waals surface area contributed by atoms with Crippen LogP contribution in [0.25, 0.3) is 0 Å². The first-order chi connectivity index (χ1) is 6.07. The Kier molecular flexibility index (Phi) is 3.87. The van der Waals surface area contributed by atoms with Crippen molar-refractivity contribution in [3.05, 3.63) is 32.8 Å². The standard InChI is InChI=1S/C8H4Cl4O/c9-3-6(13)4-1-2-5(10)8(12)7(4)11/h1-2H,3H2. The van der Waals surface area contributed by atoms with Crippen molar-refractivity contribution in [3.63, 3.8) is 0 Å². The van der Waals surface area contributed by atoms with E-state index in [1.54, 1.807) is 0 Å². The van der Waals surface area contributed by atoms with Crippen LogP contribution in [0.15, 0.2) is 12.1 Å². The normalized spacial score (nSPS) is 10.2. The fraction of sp³-hybridized carbons (Fsp3) is 0.125.